The number of carbonyl (C=O) groups is 1. The van der Waals surface area contributed by atoms with Crippen molar-refractivity contribution in [3.8, 4) is 23.3 Å². The summed E-state index contributed by atoms with van der Waals surface area (Å²) in [4.78, 5) is 26.8. The van der Waals surface area contributed by atoms with Gasteiger partial charge in [0.1, 0.15) is 22.2 Å². The van der Waals surface area contributed by atoms with E-state index in [2.05, 4.69) is 5.32 Å². The maximum atomic E-state index is 13.6. The second kappa shape index (κ2) is 11.6. The molecule has 186 valence electrons. The Morgan fingerprint density at radius 3 is 2.51 bits per heavy atom. The summed E-state index contributed by atoms with van der Waals surface area (Å²) in [7, 11) is 1.55. The van der Waals surface area contributed by atoms with E-state index in [1.807, 2.05) is 19.1 Å². The highest BCUT2D eigenvalue weighted by Gasteiger charge is 2.17. The van der Waals surface area contributed by atoms with Gasteiger partial charge in [0.25, 0.3) is 11.5 Å². The van der Waals surface area contributed by atoms with Gasteiger partial charge in [0.2, 0.25) is 0 Å². The lowest BCUT2D eigenvalue weighted by atomic mass is 10.2. The predicted octanol–water partition coefficient (Wildman–Crippen LogP) is 4.10. The molecule has 1 aromatic heterocycles. The van der Waals surface area contributed by atoms with E-state index in [0.717, 1.165) is 11.3 Å². The molecule has 4 rings (SSSR count). The van der Waals surface area contributed by atoms with E-state index in [0.29, 0.717) is 44.6 Å². The summed E-state index contributed by atoms with van der Waals surface area (Å²) in [5.74, 6) is 0.559. The highest BCUT2D eigenvalue weighted by atomic mass is 35.5. The molecule has 0 saturated carbocycles. The summed E-state index contributed by atoms with van der Waals surface area (Å²) in [5, 5.41) is 13.2. The number of amides is 1. The first kappa shape index (κ1) is 25.8. The van der Waals surface area contributed by atoms with Gasteiger partial charge in [-0.3, -0.25) is 14.2 Å². The van der Waals surface area contributed by atoms with Crippen molar-refractivity contribution in [3.63, 3.8) is 0 Å². The van der Waals surface area contributed by atoms with Crippen molar-refractivity contribution < 1.29 is 14.3 Å². The van der Waals surface area contributed by atoms with Crippen molar-refractivity contribution in [2.75, 3.05) is 19.0 Å². The lowest BCUT2D eigenvalue weighted by Gasteiger charge is -2.06. The number of para-hydroxylation sites is 1. The van der Waals surface area contributed by atoms with Crippen molar-refractivity contribution in [1.82, 2.24) is 4.57 Å². The molecular formula is C28H22ClN3O4S. The Hall–Kier alpha value is -4.32. The topological polar surface area (TPSA) is 93.3 Å². The van der Waals surface area contributed by atoms with Gasteiger partial charge in [-0.05, 0) is 67.6 Å². The first-order valence-electron chi connectivity index (χ1n) is 11.3. The first-order chi connectivity index (χ1) is 17.9. The number of nitrogens with one attached hydrogen (secondary N) is 1. The molecule has 0 atom stereocenters. The number of thiazole rings is 1. The molecule has 0 aliphatic rings. The number of halogens is 1. The number of carbonyl (C=O) groups excluding carboxylic acids is 1. The Morgan fingerprint density at radius 2 is 1.86 bits per heavy atom. The van der Waals surface area contributed by atoms with E-state index in [9.17, 15) is 14.9 Å². The third kappa shape index (κ3) is 5.75. The van der Waals surface area contributed by atoms with Gasteiger partial charge in [-0.1, -0.05) is 29.8 Å². The summed E-state index contributed by atoms with van der Waals surface area (Å²) < 4.78 is 12.7. The molecule has 0 fully saturated rings. The molecule has 0 saturated heterocycles. The number of aromatic nitrogens is 1. The highest BCUT2D eigenvalue weighted by Crippen LogP contribution is 2.23. The van der Waals surface area contributed by atoms with Crippen LogP contribution < -0.4 is 29.5 Å². The van der Waals surface area contributed by atoms with Crippen LogP contribution in [0.25, 0.3) is 17.3 Å². The smallest absolute Gasteiger partial charge is 0.273 e. The minimum atomic E-state index is -0.636. The molecule has 0 radical (unpaired) electrons. The molecule has 7 nitrogen and oxygen atoms in total. The van der Waals surface area contributed by atoms with Crippen LogP contribution in [-0.2, 0) is 4.79 Å². The fraction of sp³-hybridized carbons (Fsp3) is 0.107. The minimum Gasteiger partial charge on any atom is -0.497 e. The van der Waals surface area contributed by atoms with Gasteiger partial charge in [0.05, 0.1) is 23.9 Å². The fourth-order valence-electron chi connectivity index (χ4n) is 3.59. The van der Waals surface area contributed by atoms with Gasteiger partial charge in [-0.25, -0.2) is 0 Å². The third-order valence-electron chi connectivity index (χ3n) is 5.30. The maximum Gasteiger partial charge on any atom is 0.273 e. The number of benzene rings is 3. The summed E-state index contributed by atoms with van der Waals surface area (Å²) in [5.41, 5.74) is 1.05. The number of hydrogen-bond donors (Lipinski definition) is 1. The lowest BCUT2D eigenvalue weighted by molar-refractivity contribution is -0.111. The van der Waals surface area contributed by atoms with E-state index in [-0.39, 0.29) is 15.8 Å². The number of rotatable bonds is 7. The standard InChI is InChI=1S/C28H22ClN3O4S/c1-3-36-24-14-9-19(29)15-18(24)16-25-27(34)32(21-7-5-4-6-8-21)28(37-25)23(17-30)26(33)31-20-10-12-22(35-2)13-11-20/h4-16H,3H2,1-2H3,(H,31,33). The number of methoxy groups -OCH3 is 1. The molecule has 0 aliphatic carbocycles. The van der Waals surface area contributed by atoms with Gasteiger partial charge < -0.3 is 14.8 Å². The molecule has 37 heavy (non-hydrogen) atoms. The van der Waals surface area contributed by atoms with E-state index >= 15 is 0 Å². The Bertz CT molecular complexity index is 1650. The number of nitrogens with zero attached hydrogens (tertiary/aromatic N) is 2. The van der Waals surface area contributed by atoms with E-state index in [1.54, 1.807) is 79.9 Å². The molecule has 3 aromatic carbocycles. The number of hydrogen-bond acceptors (Lipinski definition) is 6. The molecule has 0 bridgehead atoms. The van der Waals surface area contributed by atoms with Crippen molar-refractivity contribution in [2.24, 2.45) is 0 Å². The molecule has 4 aromatic rings. The molecule has 0 aliphatic heterocycles. The summed E-state index contributed by atoms with van der Waals surface area (Å²) in [6, 6.07) is 22.7. The summed E-state index contributed by atoms with van der Waals surface area (Å²) >= 11 is 7.24. The molecule has 1 heterocycles. The van der Waals surface area contributed by atoms with Crippen molar-refractivity contribution in [3.05, 3.63) is 103 Å². The van der Waals surface area contributed by atoms with E-state index < -0.39 is 5.91 Å². The molecular weight excluding hydrogens is 510 g/mol. The number of nitriles is 1. The Balaban J connectivity index is 1.93. The van der Waals surface area contributed by atoms with Crippen molar-refractivity contribution in [1.29, 1.82) is 5.26 Å². The fourth-order valence-corrected chi connectivity index (χ4v) is 4.86. The average Bonchev–Trinajstić information content (AvgIpc) is 3.22. The second-order valence-electron chi connectivity index (χ2n) is 7.68. The van der Waals surface area contributed by atoms with Crippen LogP contribution in [0, 0.1) is 11.3 Å². The number of ether oxygens (including phenoxy) is 2. The van der Waals surface area contributed by atoms with Gasteiger partial charge in [0, 0.05) is 16.3 Å². The SMILES string of the molecule is CCOc1ccc(Cl)cc1C=c1sc(=C(C#N)C(=O)Nc2ccc(OC)cc2)n(-c2ccccc2)c1=O. The van der Waals surface area contributed by atoms with Gasteiger partial charge in [-0.15, -0.1) is 11.3 Å². The zero-order valence-corrected chi connectivity index (χ0v) is 21.6. The van der Waals surface area contributed by atoms with Gasteiger partial charge in [-0.2, -0.15) is 5.26 Å². The predicted molar refractivity (Wildman–Crippen MR) is 146 cm³/mol. The highest BCUT2D eigenvalue weighted by molar-refractivity contribution is 7.07. The van der Waals surface area contributed by atoms with Crippen LogP contribution in [0.2, 0.25) is 5.02 Å². The van der Waals surface area contributed by atoms with E-state index in [4.69, 9.17) is 21.1 Å². The van der Waals surface area contributed by atoms with Gasteiger partial charge in [0.15, 0.2) is 5.57 Å². The normalized spacial score (nSPS) is 12.0. The van der Waals surface area contributed by atoms with Gasteiger partial charge >= 0.3 is 0 Å². The van der Waals surface area contributed by atoms with E-state index in [1.165, 1.54) is 4.57 Å². The zero-order valence-electron chi connectivity index (χ0n) is 20.0. The van der Waals surface area contributed by atoms with Crippen molar-refractivity contribution >= 4 is 46.2 Å². The molecule has 0 spiro atoms. The van der Waals surface area contributed by atoms with Crippen LogP contribution in [0.15, 0.2) is 77.6 Å². The van der Waals surface area contributed by atoms with Crippen LogP contribution in [0.4, 0.5) is 5.69 Å². The second-order valence-corrected chi connectivity index (χ2v) is 9.14. The average molecular weight is 532 g/mol. The Kier molecular flexibility index (Phi) is 8.08. The third-order valence-corrected chi connectivity index (χ3v) is 6.62. The van der Waals surface area contributed by atoms with Crippen LogP contribution in [0.5, 0.6) is 11.5 Å². The van der Waals surface area contributed by atoms with Crippen LogP contribution in [-0.4, -0.2) is 24.2 Å². The lowest BCUT2D eigenvalue weighted by Crippen LogP contribution is -2.32. The van der Waals surface area contributed by atoms with Crippen LogP contribution in [0.3, 0.4) is 0 Å². The zero-order chi connectivity index (χ0) is 26.4. The quantitative estimate of drug-likeness (QED) is 0.387. The van der Waals surface area contributed by atoms with Crippen LogP contribution in [0.1, 0.15) is 12.5 Å². The Morgan fingerprint density at radius 1 is 1.14 bits per heavy atom. The molecule has 9 heteroatoms. The largest absolute Gasteiger partial charge is 0.497 e. The minimum absolute atomic E-state index is 0.197. The van der Waals surface area contributed by atoms with Crippen molar-refractivity contribution in [2.45, 2.75) is 6.92 Å². The monoisotopic (exact) mass is 531 g/mol. The maximum absolute atomic E-state index is 13.6. The van der Waals surface area contributed by atoms with Crippen LogP contribution >= 0.6 is 22.9 Å². The first-order valence-corrected chi connectivity index (χ1v) is 12.5. The summed E-state index contributed by atoms with van der Waals surface area (Å²) in [6.45, 7) is 2.30. The number of anilines is 1. The molecule has 1 amide bonds. The molecule has 1 N–H and O–H groups in total. The summed E-state index contributed by atoms with van der Waals surface area (Å²) in [6.07, 6.45) is 1.66. The molecule has 0 unspecified atom stereocenters. The Labute approximate surface area is 222 Å².